The zero-order valence-corrected chi connectivity index (χ0v) is 18.3. The van der Waals surface area contributed by atoms with Gasteiger partial charge in [0.2, 0.25) is 0 Å². The first kappa shape index (κ1) is 20.8. The first-order valence-corrected chi connectivity index (χ1v) is 10.8. The smallest absolute Gasteiger partial charge is 0.273 e. The van der Waals surface area contributed by atoms with E-state index in [9.17, 15) is 4.79 Å². The highest BCUT2D eigenvalue weighted by Crippen LogP contribution is 2.26. The Morgan fingerprint density at radius 3 is 2.90 bits per heavy atom. The molecule has 0 spiro atoms. The lowest BCUT2D eigenvalue weighted by molar-refractivity contribution is -0.00925. The van der Waals surface area contributed by atoms with Crippen LogP contribution in [-0.4, -0.2) is 59.3 Å². The van der Waals surface area contributed by atoms with E-state index in [1.54, 1.807) is 17.4 Å². The number of nitrogens with zero attached hydrogens (tertiary/aromatic N) is 3. The molecule has 0 saturated carbocycles. The van der Waals surface area contributed by atoms with Crippen molar-refractivity contribution in [2.24, 2.45) is 0 Å². The number of hydrogen-bond donors (Lipinski definition) is 1. The number of amides is 1. The van der Waals surface area contributed by atoms with Crippen LogP contribution in [0.2, 0.25) is 0 Å². The Hall–Kier alpha value is -2.49. The summed E-state index contributed by atoms with van der Waals surface area (Å²) < 4.78 is 17.6. The third-order valence-electron chi connectivity index (χ3n) is 5.19. The second-order valence-corrected chi connectivity index (χ2v) is 9.16. The van der Waals surface area contributed by atoms with Gasteiger partial charge in [-0.1, -0.05) is 5.16 Å². The number of benzene rings is 1. The Bertz CT molecular complexity index is 1020. The van der Waals surface area contributed by atoms with Crippen LogP contribution in [0.25, 0.3) is 10.2 Å². The van der Waals surface area contributed by atoms with Gasteiger partial charge in [-0.25, -0.2) is 4.98 Å². The number of thiazole rings is 1. The Morgan fingerprint density at radius 2 is 2.10 bits per heavy atom. The quantitative estimate of drug-likeness (QED) is 0.616. The average Bonchev–Trinajstić information content (AvgIpc) is 3.36. The van der Waals surface area contributed by atoms with Crippen molar-refractivity contribution in [1.82, 2.24) is 20.4 Å². The summed E-state index contributed by atoms with van der Waals surface area (Å²) in [6.45, 7) is 10.1. The molecule has 0 atom stereocenters. The summed E-state index contributed by atoms with van der Waals surface area (Å²) in [6.07, 6.45) is 0. The van der Waals surface area contributed by atoms with E-state index in [1.807, 2.05) is 25.1 Å². The van der Waals surface area contributed by atoms with Crippen molar-refractivity contribution in [2.75, 3.05) is 32.8 Å². The molecule has 0 unspecified atom stereocenters. The lowest BCUT2D eigenvalue weighted by atomic mass is 10.0. The molecule has 8 nitrogen and oxygen atoms in total. The van der Waals surface area contributed by atoms with Crippen molar-refractivity contribution >= 4 is 27.5 Å². The zero-order chi connectivity index (χ0) is 21.1. The molecule has 30 heavy (non-hydrogen) atoms. The molecule has 1 amide bonds. The van der Waals surface area contributed by atoms with E-state index in [2.05, 4.69) is 34.2 Å². The predicted molar refractivity (Wildman–Crippen MR) is 114 cm³/mol. The van der Waals surface area contributed by atoms with Crippen molar-refractivity contribution in [2.45, 2.75) is 32.9 Å². The molecule has 160 valence electrons. The summed E-state index contributed by atoms with van der Waals surface area (Å²) in [6, 6.07) is 7.40. The van der Waals surface area contributed by atoms with E-state index < -0.39 is 0 Å². The number of nitrogens with one attached hydrogen (secondary N) is 1. The Kier molecular flexibility index (Phi) is 6.03. The molecule has 1 aromatic carbocycles. The van der Waals surface area contributed by atoms with Crippen LogP contribution >= 0.6 is 11.3 Å². The number of rotatable bonds is 7. The van der Waals surface area contributed by atoms with Crippen LogP contribution in [0, 0.1) is 6.92 Å². The number of aryl methyl sites for hydroxylation is 1. The second kappa shape index (κ2) is 8.71. The minimum Gasteiger partial charge on any atom is -0.485 e. The summed E-state index contributed by atoms with van der Waals surface area (Å²) in [7, 11) is 0. The van der Waals surface area contributed by atoms with Crippen molar-refractivity contribution in [3.63, 3.8) is 0 Å². The van der Waals surface area contributed by atoms with Gasteiger partial charge >= 0.3 is 0 Å². The van der Waals surface area contributed by atoms with Gasteiger partial charge in [0.25, 0.3) is 5.91 Å². The number of aromatic nitrogens is 2. The largest absolute Gasteiger partial charge is 0.485 e. The fourth-order valence-electron chi connectivity index (χ4n) is 3.42. The summed E-state index contributed by atoms with van der Waals surface area (Å²) in [5.41, 5.74) is 0.995. The first-order chi connectivity index (χ1) is 14.4. The fraction of sp³-hybridized carbons (Fsp3) is 0.476. The highest BCUT2D eigenvalue weighted by molar-refractivity contribution is 7.18. The minimum absolute atomic E-state index is 0.165. The Labute approximate surface area is 179 Å². The lowest BCUT2D eigenvalue weighted by Crippen LogP contribution is -2.55. The molecule has 1 aliphatic heterocycles. The van der Waals surface area contributed by atoms with Gasteiger partial charge in [-0.05, 0) is 32.9 Å². The third kappa shape index (κ3) is 4.80. The molecule has 3 heterocycles. The molecular formula is C21H26N4O4S. The second-order valence-electron chi connectivity index (χ2n) is 7.92. The summed E-state index contributed by atoms with van der Waals surface area (Å²) in [5.74, 6) is 0.926. The monoisotopic (exact) mass is 430 g/mol. The molecule has 4 rings (SSSR count). The molecule has 0 bridgehead atoms. The van der Waals surface area contributed by atoms with Gasteiger partial charge in [-0.2, -0.15) is 0 Å². The number of carbonyl (C=O) groups excluding carboxylic acids is 1. The standard InChI is InChI=1S/C21H26N4O4S/c1-14-23-17-10-15(4-5-19(17)30-14)28-12-16-11-18(24-29-16)20(26)22-13-21(2,3)25-6-8-27-9-7-25/h4-5,10-11H,6-9,12-13H2,1-3H3,(H,22,26). The molecule has 0 radical (unpaired) electrons. The number of hydrogen-bond acceptors (Lipinski definition) is 8. The molecule has 0 aliphatic carbocycles. The van der Waals surface area contributed by atoms with Gasteiger partial charge in [0.05, 0.1) is 28.4 Å². The van der Waals surface area contributed by atoms with Crippen LogP contribution in [0.15, 0.2) is 28.8 Å². The van der Waals surface area contributed by atoms with Crippen LogP contribution in [0.3, 0.4) is 0 Å². The van der Waals surface area contributed by atoms with Gasteiger partial charge < -0.3 is 19.3 Å². The normalized spacial score (nSPS) is 15.4. The number of morpholine rings is 1. The topological polar surface area (TPSA) is 89.7 Å². The highest BCUT2D eigenvalue weighted by atomic mass is 32.1. The van der Waals surface area contributed by atoms with Crippen LogP contribution in [0.5, 0.6) is 5.75 Å². The molecule has 1 saturated heterocycles. The maximum atomic E-state index is 12.5. The van der Waals surface area contributed by atoms with Crippen molar-refractivity contribution < 1.29 is 18.8 Å². The summed E-state index contributed by atoms with van der Waals surface area (Å²) >= 11 is 1.65. The maximum absolute atomic E-state index is 12.5. The third-order valence-corrected chi connectivity index (χ3v) is 6.14. The van der Waals surface area contributed by atoms with E-state index >= 15 is 0 Å². The molecule has 1 aliphatic rings. The molecular weight excluding hydrogens is 404 g/mol. The fourth-order valence-corrected chi connectivity index (χ4v) is 4.23. The van der Waals surface area contributed by atoms with Gasteiger partial charge in [0.1, 0.15) is 12.4 Å². The van der Waals surface area contributed by atoms with Gasteiger partial charge in [0.15, 0.2) is 11.5 Å². The zero-order valence-electron chi connectivity index (χ0n) is 17.4. The van der Waals surface area contributed by atoms with Crippen molar-refractivity contribution in [1.29, 1.82) is 0 Å². The van der Waals surface area contributed by atoms with Crippen molar-refractivity contribution in [3.8, 4) is 5.75 Å². The van der Waals surface area contributed by atoms with Gasteiger partial charge in [-0.15, -0.1) is 11.3 Å². The molecule has 1 fully saturated rings. The minimum atomic E-state index is -0.259. The first-order valence-electron chi connectivity index (χ1n) is 9.97. The van der Waals surface area contributed by atoms with E-state index in [4.69, 9.17) is 14.0 Å². The average molecular weight is 431 g/mol. The molecule has 3 aromatic rings. The maximum Gasteiger partial charge on any atom is 0.273 e. The molecule has 2 aromatic heterocycles. The van der Waals surface area contributed by atoms with E-state index in [0.717, 1.165) is 41.5 Å². The van der Waals surface area contributed by atoms with E-state index in [1.165, 1.54) is 0 Å². The van der Waals surface area contributed by atoms with E-state index in [0.29, 0.717) is 18.1 Å². The number of fused-ring (bicyclic) bond motifs is 1. The lowest BCUT2D eigenvalue weighted by Gasteiger charge is -2.40. The van der Waals surface area contributed by atoms with Crippen molar-refractivity contribution in [3.05, 3.63) is 40.7 Å². The summed E-state index contributed by atoms with van der Waals surface area (Å²) in [5, 5.41) is 7.86. The molecule has 9 heteroatoms. The highest BCUT2D eigenvalue weighted by Gasteiger charge is 2.29. The number of ether oxygens (including phenoxy) is 2. The number of carbonyl (C=O) groups is 1. The van der Waals surface area contributed by atoms with E-state index in [-0.39, 0.29) is 23.7 Å². The van der Waals surface area contributed by atoms with Crippen LogP contribution in [-0.2, 0) is 11.3 Å². The van der Waals surface area contributed by atoms with Gasteiger partial charge in [-0.3, -0.25) is 9.69 Å². The van der Waals surface area contributed by atoms with Crippen LogP contribution in [0.4, 0.5) is 0 Å². The Morgan fingerprint density at radius 1 is 1.30 bits per heavy atom. The summed E-state index contributed by atoms with van der Waals surface area (Å²) in [4.78, 5) is 19.3. The SMILES string of the molecule is Cc1nc2cc(OCc3cc(C(=O)NCC(C)(C)N4CCOCC4)no3)ccc2s1. The predicted octanol–water partition coefficient (Wildman–Crippen LogP) is 3.01. The Balaban J connectivity index is 1.30. The van der Waals surface area contributed by atoms with Crippen LogP contribution < -0.4 is 10.1 Å². The van der Waals surface area contributed by atoms with Crippen LogP contribution in [0.1, 0.15) is 35.1 Å². The molecule has 1 N–H and O–H groups in total. The van der Waals surface area contributed by atoms with Gasteiger partial charge in [0, 0.05) is 37.3 Å².